The molecule has 207 valence electrons. The molecule has 1 unspecified atom stereocenters. The number of halogens is 1. The first-order valence-electron chi connectivity index (χ1n) is 13.7. The smallest absolute Gasteiger partial charge is 0.283 e. The maximum absolute atomic E-state index is 14.2. The Morgan fingerprint density at radius 2 is 1.49 bits per heavy atom. The van der Waals surface area contributed by atoms with Gasteiger partial charge in [-0.05, 0) is 67.7 Å². The molecule has 0 spiro atoms. The van der Waals surface area contributed by atoms with Crippen molar-refractivity contribution in [3.8, 4) is 22.6 Å². The maximum Gasteiger partial charge on any atom is 0.283 e. The van der Waals surface area contributed by atoms with Crippen molar-refractivity contribution in [1.82, 2.24) is 0 Å². The van der Waals surface area contributed by atoms with Crippen LogP contribution in [0, 0.1) is 11.2 Å². The van der Waals surface area contributed by atoms with Crippen LogP contribution < -0.4 is 19.8 Å². The van der Waals surface area contributed by atoms with Gasteiger partial charge in [-0.15, -0.1) is 0 Å². The van der Waals surface area contributed by atoms with E-state index >= 15 is 0 Å². The summed E-state index contributed by atoms with van der Waals surface area (Å²) in [5.74, 6) is 0.997. The first-order chi connectivity index (χ1) is 19.8. The molecule has 1 aliphatic rings. The zero-order valence-corrected chi connectivity index (χ0v) is 24.4. The van der Waals surface area contributed by atoms with Gasteiger partial charge >= 0.3 is 0 Å². The lowest BCUT2D eigenvalue weighted by Gasteiger charge is -2.37. The van der Waals surface area contributed by atoms with Crippen molar-refractivity contribution in [3.63, 3.8) is 0 Å². The van der Waals surface area contributed by atoms with Crippen LogP contribution in [0.2, 0.25) is 0 Å². The van der Waals surface area contributed by atoms with Gasteiger partial charge in [0, 0.05) is 5.39 Å². The van der Waals surface area contributed by atoms with Gasteiger partial charge in [0.1, 0.15) is 5.82 Å². The number of benzene rings is 5. The van der Waals surface area contributed by atoms with Gasteiger partial charge < -0.3 is 19.0 Å². The molecule has 0 aliphatic carbocycles. The van der Waals surface area contributed by atoms with Gasteiger partial charge in [-0.1, -0.05) is 99.6 Å². The third-order valence-corrected chi connectivity index (χ3v) is 9.61. The molecule has 6 rings (SSSR count). The Balaban J connectivity index is 1.65. The number of aliphatic hydroxyl groups is 1. The average molecular weight is 564 g/mol. The molecule has 1 heterocycles. The number of aliphatic hydroxyl groups excluding tert-OH is 1. The summed E-state index contributed by atoms with van der Waals surface area (Å²) in [6.45, 7) is 6.41. The highest BCUT2D eigenvalue weighted by Crippen LogP contribution is 2.50. The summed E-state index contributed by atoms with van der Waals surface area (Å²) in [6.07, 6.45) is -0.429. The summed E-state index contributed by atoms with van der Waals surface area (Å²) in [6, 6.07) is 33.0. The number of rotatable bonds is 7. The van der Waals surface area contributed by atoms with Crippen molar-refractivity contribution in [2.75, 3.05) is 6.79 Å². The van der Waals surface area contributed by atoms with Crippen LogP contribution >= 0.6 is 0 Å². The van der Waals surface area contributed by atoms with Crippen LogP contribution in [0.25, 0.3) is 21.9 Å². The number of fused-ring (bicyclic) bond motifs is 3. The molecule has 0 amide bonds. The van der Waals surface area contributed by atoms with Crippen molar-refractivity contribution >= 4 is 30.2 Å². The molecule has 6 heteroatoms. The van der Waals surface area contributed by atoms with Gasteiger partial charge in [0.05, 0.1) is 12.7 Å². The summed E-state index contributed by atoms with van der Waals surface area (Å²) < 4.78 is 33.3. The fourth-order valence-corrected chi connectivity index (χ4v) is 7.84. The molecule has 0 saturated heterocycles. The highest BCUT2D eigenvalue weighted by molar-refractivity contribution is 6.80. The first kappa shape index (κ1) is 27.2. The van der Waals surface area contributed by atoms with Crippen LogP contribution in [-0.4, -0.2) is 20.9 Å². The predicted octanol–water partition coefficient (Wildman–Crippen LogP) is 6.78. The van der Waals surface area contributed by atoms with Crippen molar-refractivity contribution in [2.45, 2.75) is 33.5 Å². The Morgan fingerprint density at radius 3 is 2.07 bits per heavy atom. The molecule has 4 nitrogen and oxygen atoms in total. The summed E-state index contributed by atoms with van der Waals surface area (Å²) in [5.41, 5.74) is 2.93. The van der Waals surface area contributed by atoms with Crippen molar-refractivity contribution < 1.29 is 23.4 Å². The summed E-state index contributed by atoms with van der Waals surface area (Å²) >= 11 is 0. The molecule has 5 aromatic rings. The largest absolute Gasteiger partial charge is 0.454 e. The van der Waals surface area contributed by atoms with Crippen LogP contribution in [0.3, 0.4) is 0 Å². The molecule has 0 fully saturated rings. The maximum atomic E-state index is 14.2. The van der Waals surface area contributed by atoms with Crippen molar-refractivity contribution in [1.29, 1.82) is 0 Å². The van der Waals surface area contributed by atoms with E-state index in [1.165, 1.54) is 12.1 Å². The number of hydrogen-bond donors (Lipinski definition) is 1. The van der Waals surface area contributed by atoms with Gasteiger partial charge in [-0.3, -0.25) is 0 Å². The van der Waals surface area contributed by atoms with E-state index < -0.39 is 15.1 Å². The van der Waals surface area contributed by atoms with Crippen LogP contribution in [0.1, 0.15) is 38.0 Å². The zero-order valence-electron chi connectivity index (χ0n) is 23.4. The summed E-state index contributed by atoms with van der Waals surface area (Å²) in [5, 5.41) is 14.8. The van der Waals surface area contributed by atoms with E-state index in [4.69, 9.17) is 13.9 Å². The Hall–Kier alpha value is -3.97. The average Bonchev–Trinajstić information content (AvgIpc) is 3.47. The lowest BCUT2D eigenvalue weighted by atomic mass is 9.78. The second kappa shape index (κ2) is 11.1. The van der Waals surface area contributed by atoms with Crippen LogP contribution in [-0.2, 0) is 11.0 Å². The molecule has 0 bridgehead atoms. The normalized spacial score (nSPS) is 13.6. The number of ether oxygens (including phenoxy) is 2. The van der Waals surface area contributed by atoms with Gasteiger partial charge in [-0.2, -0.15) is 0 Å². The third-order valence-electron chi connectivity index (χ3n) is 7.43. The van der Waals surface area contributed by atoms with Crippen molar-refractivity contribution in [2.24, 2.45) is 5.41 Å². The topological polar surface area (TPSA) is 47.9 Å². The Morgan fingerprint density at radius 1 is 0.854 bits per heavy atom. The quantitative estimate of drug-likeness (QED) is 0.222. The highest BCUT2D eigenvalue weighted by atomic mass is 28.3. The number of hydrogen-bond acceptors (Lipinski definition) is 4. The fraction of sp³-hybridized carbons (Fsp3) is 0.200. The first-order valence-corrected chi connectivity index (χ1v) is 15.2. The van der Waals surface area contributed by atoms with E-state index in [0.717, 1.165) is 43.4 Å². The minimum atomic E-state index is -1.72. The van der Waals surface area contributed by atoms with E-state index in [0.29, 0.717) is 11.5 Å². The van der Waals surface area contributed by atoms with Gasteiger partial charge in [0.2, 0.25) is 6.79 Å². The summed E-state index contributed by atoms with van der Waals surface area (Å²) in [4.78, 5) is 0. The minimum Gasteiger partial charge on any atom is -0.454 e. The van der Waals surface area contributed by atoms with Crippen molar-refractivity contribution in [3.05, 3.63) is 120 Å². The monoisotopic (exact) mass is 563 g/mol. The molecule has 0 saturated carbocycles. The minimum absolute atomic E-state index is 0.128. The second-order valence-corrected chi connectivity index (χ2v) is 13.4. The van der Waals surface area contributed by atoms with E-state index in [2.05, 4.69) is 45.0 Å². The Kier molecular flexibility index (Phi) is 7.38. The molecule has 41 heavy (non-hydrogen) atoms. The highest BCUT2D eigenvalue weighted by Gasteiger charge is 2.37. The van der Waals surface area contributed by atoms with E-state index in [9.17, 15) is 9.50 Å². The zero-order chi connectivity index (χ0) is 28.6. The molecule has 1 radical (unpaired) electrons. The molecule has 0 aromatic heterocycles. The lowest BCUT2D eigenvalue weighted by Crippen LogP contribution is -2.47. The SMILES string of the molecule is CC(C)(C)C(O[Si](c1ccccc1)c1ccccc1)c1c(CO)cc2ccc3c(c2c1-c1ccc(F)cc1)OCO3. The second-order valence-electron chi connectivity index (χ2n) is 11.3. The van der Waals surface area contributed by atoms with E-state index in [-0.39, 0.29) is 24.6 Å². The lowest BCUT2D eigenvalue weighted by molar-refractivity contribution is 0.0880. The molecule has 1 aliphatic heterocycles. The van der Waals surface area contributed by atoms with Gasteiger partial charge in [-0.25, -0.2) is 4.39 Å². The van der Waals surface area contributed by atoms with Gasteiger partial charge in [0.25, 0.3) is 9.04 Å². The Bertz CT molecular complexity index is 1630. The fourth-order valence-electron chi connectivity index (χ4n) is 5.54. The van der Waals surface area contributed by atoms with Crippen LogP contribution in [0.5, 0.6) is 11.5 Å². The summed E-state index contributed by atoms with van der Waals surface area (Å²) in [7, 11) is -1.72. The van der Waals surface area contributed by atoms with Crippen LogP contribution in [0.15, 0.2) is 103 Å². The molecule has 1 N–H and O–H groups in total. The Labute approximate surface area is 241 Å². The predicted molar refractivity (Wildman–Crippen MR) is 163 cm³/mol. The van der Waals surface area contributed by atoms with E-state index in [1.807, 2.05) is 54.6 Å². The van der Waals surface area contributed by atoms with E-state index in [1.54, 1.807) is 12.1 Å². The van der Waals surface area contributed by atoms with Crippen LogP contribution in [0.4, 0.5) is 4.39 Å². The van der Waals surface area contributed by atoms with Gasteiger partial charge in [0.15, 0.2) is 11.5 Å². The third kappa shape index (κ3) is 5.26. The standard InChI is InChI=1S/C35H32FO4Si/c1-35(2,3)34(40-41(27-10-6-4-7-11-27)28-12-8-5-9-13-28)32-25(21-37)20-24-16-19-29-33(39-22-38-29)31(24)30(32)23-14-17-26(36)18-15-23/h4-20,34,37H,21-22H2,1-3H3. The molecule has 1 atom stereocenters. The molecular formula is C35H32FO4Si. The molecule has 5 aromatic carbocycles. The molecular weight excluding hydrogens is 531 g/mol.